The molecule has 1 N–H and O–H groups in total. The Labute approximate surface area is 97.6 Å². The molecule has 0 bridgehead atoms. The smallest absolute Gasteiger partial charge is 0.0593 e. The van der Waals surface area contributed by atoms with E-state index in [0.29, 0.717) is 0 Å². The number of hydrogen-bond donors (Lipinski definition) is 1. The van der Waals surface area contributed by atoms with Gasteiger partial charge in [-0.2, -0.15) is 0 Å². The van der Waals surface area contributed by atoms with Crippen LogP contribution in [0.3, 0.4) is 0 Å². The first-order valence-corrected chi connectivity index (χ1v) is 5.61. The largest absolute Gasteiger partial charge is 0.379 e. The summed E-state index contributed by atoms with van der Waals surface area (Å²) < 4.78 is 5.46. The number of likely N-dealkylation sites (N-methyl/N-ethyl adjacent to an activating group) is 1. The lowest BCUT2D eigenvalue weighted by Crippen LogP contribution is -2.23. The van der Waals surface area contributed by atoms with Gasteiger partial charge in [0.2, 0.25) is 0 Å². The van der Waals surface area contributed by atoms with Gasteiger partial charge in [0.05, 0.1) is 13.2 Å². The fourth-order valence-corrected chi connectivity index (χ4v) is 1.23. The van der Waals surface area contributed by atoms with Crippen LogP contribution in [0.2, 0.25) is 0 Å². The predicted molar refractivity (Wildman–Crippen MR) is 65.3 cm³/mol. The molecule has 0 amide bonds. The van der Waals surface area contributed by atoms with Crippen LogP contribution in [0.25, 0.3) is 0 Å². The second-order valence-corrected chi connectivity index (χ2v) is 3.95. The van der Waals surface area contributed by atoms with E-state index in [0.717, 1.165) is 32.8 Å². The monoisotopic (exact) mass is 223 g/mol. The summed E-state index contributed by atoms with van der Waals surface area (Å²) in [6.07, 6.45) is 3.66. The van der Waals surface area contributed by atoms with Crippen LogP contribution in [0.4, 0.5) is 0 Å². The van der Waals surface area contributed by atoms with Crippen molar-refractivity contribution in [2.24, 2.45) is 0 Å². The summed E-state index contributed by atoms with van der Waals surface area (Å²) in [5, 5.41) is 3.31. The Balaban J connectivity index is 1.93. The van der Waals surface area contributed by atoms with Crippen LogP contribution >= 0.6 is 0 Å². The van der Waals surface area contributed by atoms with Crippen molar-refractivity contribution in [1.29, 1.82) is 0 Å². The molecule has 4 heteroatoms. The molecule has 1 rings (SSSR count). The van der Waals surface area contributed by atoms with Gasteiger partial charge in [0.15, 0.2) is 0 Å². The van der Waals surface area contributed by atoms with Gasteiger partial charge < -0.3 is 15.0 Å². The van der Waals surface area contributed by atoms with E-state index in [1.165, 1.54) is 5.56 Å². The highest BCUT2D eigenvalue weighted by molar-refractivity contribution is 5.07. The van der Waals surface area contributed by atoms with Crippen LogP contribution in [-0.4, -0.2) is 50.3 Å². The average Bonchev–Trinajstić information content (AvgIpc) is 2.29. The third-order valence-electron chi connectivity index (χ3n) is 2.16. The van der Waals surface area contributed by atoms with Crippen molar-refractivity contribution < 1.29 is 4.74 Å². The number of nitrogens with zero attached hydrogens (tertiary/aromatic N) is 2. The van der Waals surface area contributed by atoms with Crippen LogP contribution in [0.15, 0.2) is 24.5 Å². The topological polar surface area (TPSA) is 37.4 Å². The van der Waals surface area contributed by atoms with Gasteiger partial charge in [-0.25, -0.2) is 0 Å². The number of nitrogens with one attached hydrogen (secondary N) is 1. The quantitative estimate of drug-likeness (QED) is 0.660. The van der Waals surface area contributed by atoms with Gasteiger partial charge >= 0.3 is 0 Å². The van der Waals surface area contributed by atoms with E-state index in [1.54, 1.807) is 6.20 Å². The highest BCUT2D eigenvalue weighted by Gasteiger charge is 1.93. The molecule has 1 aromatic rings. The minimum absolute atomic E-state index is 0.758. The van der Waals surface area contributed by atoms with E-state index in [1.807, 2.05) is 26.4 Å². The molecule has 16 heavy (non-hydrogen) atoms. The lowest BCUT2D eigenvalue weighted by Gasteiger charge is -2.10. The second kappa shape index (κ2) is 8.21. The first kappa shape index (κ1) is 13.1. The maximum atomic E-state index is 5.46. The molecule has 0 saturated carbocycles. The average molecular weight is 223 g/mol. The normalized spacial score (nSPS) is 10.9. The van der Waals surface area contributed by atoms with E-state index in [2.05, 4.69) is 21.3 Å². The molecule has 0 aliphatic heterocycles. The number of pyridine rings is 1. The van der Waals surface area contributed by atoms with Gasteiger partial charge in [-0.3, -0.25) is 4.98 Å². The predicted octanol–water partition coefficient (Wildman–Crippen LogP) is 0.749. The zero-order chi connectivity index (χ0) is 11.6. The summed E-state index contributed by atoms with van der Waals surface area (Å²) in [6.45, 7) is 4.26. The van der Waals surface area contributed by atoms with Crippen molar-refractivity contribution in [3.8, 4) is 0 Å². The summed E-state index contributed by atoms with van der Waals surface area (Å²) >= 11 is 0. The Kier molecular flexibility index (Phi) is 6.72. The molecule has 0 aromatic carbocycles. The number of aromatic nitrogens is 1. The summed E-state index contributed by atoms with van der Waals surface area (Å²) in [5.74, 6) is 0. The van der Waals surface area contributed by atoms with Crippen molar-refractivity contribution in [2.45, 2.75) is 6.54 Å². The fraction of sp³-hybridized carbons (Fsp3) is 0.583. The molecular formula is C12H21N3O. The summed E-state index contributed by atoms with van der Waals surface area (Å²) in [6, 6.07) is 4.01. The molecule has 0 saturated heterocycles. The van der Waals surface area contributed by atoms with E-state index in [9.17, 15) is 0 Å². The molecule has 0 aliphatic carbocycles. The fourth-order valence-electron chi connectivity index (χ4n) is 1.23. The molecule has 0 spiro atoms. The Bertz CT molecular complexity index is 264. The first-order valence-electron chi connectivity index (χ1n) is 5.61. The van der Waals surface area contributed by atoms with E-state index < -0.39 is 0 Å². The molecular weight excluding hydrogens is 202 g/mol. The molecule has 1 heterocycles. The number of rotatable bonds is 8. The van der Waals surface area contributed by atoms with Crippen molar-refractivity contribution in [2.75, 3.05) is 40.4 Å². The van der Waals surface area contributed by atoms with Crippen LogP contribution in [0.1, 0.15) is 5.56 Å². The van der Waals surface area contributed by atoms with Crippen LogP contribution < -0.4 is 5.32 Å². The van der Waals surface area contributed by atoms with Crippen molar-refractivity contribution >= 4 is 0 Å². The van der Waals surface area contributed by atoms with Crippen molar-refractivity contribution in [3.63, 3.8) is 0 Å². The molecule has 0 radical (unpaired) electrons. The zero-order valence-corrected chi connectivity index (χ0v) is 10.1. The van der Waals surface area contributed by atoms with Gasteiger partial charge in [0.25, 0.3) is 0 Å². The lowest BCUT2D eigenvalue weighted by atomic mass is 10.3. The molecule has 4 nitrogen and oxygen atoms in total. The zero-order valence-electron chi connectivity index (χ0n) is 10.1. The molecule has 90 valence electrons. The van der Waals surface area contributed by atoms with Crippen LogP contribution in [-0.2, 0) is 11.3 Å². The van der Waals surface area contributed by atoms with Gasteiger partial charge in [-0.05, 0) is 25.7 Å². The molecule has 0 atom stereocenters. The van der Waals surface area contributed by atoms with E-state index in [4.69, 9.17) is 4.74 Å². The summed E-state index contributed by atoms with van der Waals surface area (Å²) in [4.78, 5) is 6.17. The molecule has 0 unspecified atom stereocenters. The van der Waals surface area contributed by atoms with Gasteiger partial charge in [-0.15, -0.1) is 0 Å². The highest BCUT2D eigenvalue weighted by Crippen LogP contribution is 1.93. The summed E-state index contributed by atoms with van der Waals surface area (Å²) in [7, 11) is 4.09. The van der Waals surface area contributed by atoms with E-state index >= 15 is 0 Å². The van der Waals surface area contributed by atoms with Crippen molar-refractivity contribution in [1.82, 2.24) is 15.2 Å². The maximum absolute atomic E-state index is 5.46. The van der Waals surface area contributed by atoms with Gasteiger partial charge in [-0.1, -0.05) is 6.07 Å². The minimum Gasteiger partial charge on any atom is -0.379 e. The van der Waals surface area contributed by atoms with Crippen LogP contribution in [0.5, 0.6) is 0 Å². The molecule has 0 aliphatic rings. The Morgan fingerprint density at radius 2 is 2.25 bits per heavy atom. The third kappa shape index (κ3) is 6.50. The number of ether oxygens (including phenoxy) is 1. The Morgan fingerprint density at radius 3 is 2.94 bits per heavy atom. The minimum atomic E-state index is 0.758. The molecule has 1 aromatic heterocycles. The summed E-state index contributed by atoms with van der Waals surface area (Å²) in [5.41, 5.74) is 1.20. The Hall–Kier alpha value is -0.970. The first-order chi connectivity index (χ1) is 7.79. The van der Waals surface area contributed by atoms with Crippen LogP contribution in [0, 0.1) is 0 Å². The molecule has 0 fully saturated rings. The number of hydrogen-bond acceptors (Lipinski definition) is 4. The SMILES string of the molecule is CN(C)CCOCCNCc1cccnc1. The lowest BCUT2D eigenvalue weighted by molar-refractivity contribution is 0.119. The third-order valence-corrected chi connectivity index (χ3v) is 2.16. The van der Waals surface area contributed by atoms with Crippen molar-refractivity contribution in [3.05, 3.63) is 30.1 Å². The second-order valence-electron chi connectivity index (χ2n) is 3.95. The standard InChI is InChI=1S/C12H21N3O/c1-15(2)7-9-16-8-6-14-11-12-4-3-5-13-10-12/h3-5,10,14H,6-9,11H2,1-2H3. The highest BCUT2D eigenvalue weighted by atomic mass is 16.5. The maximum Gasteiger partial charge on any atom is 0.0593 e. The van der Waals surface area contributed by atoms with Gasteiger partial charge in [0.1, 0.15) is 0 Å². The van der Waals surface area contributed by atoms with E-state index in [-0.39, 0.29) is 0 Å². The Morgan fingerprint density at radius 1 is 1.38 bits per heavy atom. The van der Waals surface area contributed by atoms with Gasteiger partial charge in [0, 0.05) is 32.0 Å².